The third kappa shape index (κ3) is 5.75. The highest BCUT2D eigenvalue weighted by molar-refractivity contribution is 6.30. The molecular formula is C18H17ClNO3-. The van der Waals surface area contributed by atoms with Crippen LogP contribution in [-0.2, 0) is 16.0 Å². The fraction of sp³-hybridized carbons (Fsp3) is 0.222. The molecule has 0 spiro atoms. The Morgan fingerprint density at radius 2 is 1.70 bits per heavy atom. The van der Waals surface area contributed by atoms with Crippen molar-refractivity contribution in [2.24, 2.45) is 0 Å². The molecule has 0 aliphatic rings. The summed E-state index contributed by atoms with van der Waals surface area (Å²) >= 11 is 5.83. The molecule has 0 heterocycles. The first-order valence-electron chi connectivity index (χ1n) is 7.33. The molecule has 0 saturated carbocycles. The zero-order valence-corrected chi connectivity index (χ0v) is 13.3. The maximum absolute atomic E-state index is 12.1. The van der Waals surface area contributed by atoms with E-state index in [9.17, 15) is 14.7 Å². The minimum absolute atomic E-state index is 0.199. The molecule has 23 heavy (non-hydrogen) atoms. The van der Waals surface area contributed by atoms with Crippen molar-refractivity contribution >= 4 is 23.5 Å². The summed E-state index contributed by atoms with van der Waals surface area (Å²) in [5, 5.41) is 14.2. The summed E-state index contributed by atoms with van der Waals surface area (Å²) in [7, 11) is 0. The van der Waals surface area contributed by atoms with Gasteiger partial charge in [-0.1, -0.05) is 54.1 Å². The monoisotopic (exact) mass is 330 g/mol. The maximum Gasteiger partial charge on any atom is 0.220 e. The summed E-state index contributed by atoms with van der Waals surface area (Å²) in [6, 6.07) is 15.8. The van der Waals surface area contributed by atoms with Crippen LogP contribution in [0, 0.1) is 0 Å². The topological polar surface area (TPSA) is 69.2 Å². The highest BCUT2D eigenvalue weighted by Crippen LogP contribution is 2.19. The summed E-state index contributed by atoms with van der Waals surface area (Å²) in [4.78, 5) is 23.0. The first kappa shape index (κ1) is 17.0. The molecule has 0 unspecified atom stereocenters. The van der Waals surface area contributed by atoms with Gasteiger partial charge in [0.15, 0.2) is 0 Å². The lowest BCUT2D eigenvalue weighted by atomic mass is 10.0. The van der Waals surface area contributed by atoms with Gasteiger partial charge in [0.2, 0.25) is 5.91 Å². The van der Waals surface area contributed by atoms with E-state index in [-0.39, 0.29) is 12.3 Å². The van der Waals surface area contributed by atoms with E-state index in [0.29, 0.717) is 23.4 Å². The number of nitrogens with one attached hydrogen (secondary N) is 1. The minimum atomic E-state index is -1.21. The Bertz CT molecular complexity index is 656. The summed E-state index contributed by atoms with van der Waals surface area (Å²) in [5.74, 6) is -1.41. The number of amides is 1. The molecule has 0 aliphatic carbocycles. The van der Waals surface area contributed by atoms with Gasteiger partial charge < -0.3 is 15.2 Å². The average Bonchev–Trinajstić information content (AvgIpc) is 2.53. The second-order valence-electron chi connectivity index (χ2n) is 5.23. The van der Waals surface area contributed by atoms with Gasteiger partial charge in [-0.2, -0.15) is 0 Å². The Labute approximate surface area is 140 Å². The van der Waals surface area contributed by atoms with Gasteiger partial charge in [0.25, 0.3) is 0 Å². The normalized spacial score (nSPS) is 11.7. The number of aliphatic carboxylic acids is 1. The molecule has 0 aromatic heterocycles. The smallest absolute Gasteiger partial charge is 0.220 e. The maximum atomic E-state index is 12.1. The molecule has 2 aromatic carbocycles. The SMILES string of the molecule is O=C([O-])C[C@@H](NC(=O)CCc1ccccc1)c1ccc(Cl)cc1. The fourth-order valence-electron chi connectivity index (χ4n) is 2.28. The number of rotatable bonds is 7. The lowest BCUT2D eigenvalue weighted by Gasteiger charge is -2.20. The fourth-order valence-corrected chi connectivity index (χ4v) is 2.41. The summed E-state index contributed by atoms with van der Waals surface area (Å²) < 4.78 is 0. The Balaban J connectivity index is 1.98. The van der Waals surface area contributed by atoms with Crippen molar-refractivity contribution < 1.29 is 14.7 Å². The molecule has 1 N–H and O–H groups in total. The molecule has 1 amide bonds. The van der Waals surface area contributed by atoms with Crippen molar-refractivity contribution in [2.45, 2.75) is 25.3 Å². The van der Waals surface area contributed by atoms with Crippen molar-refractivity contribution in [2.75, 3.05) is 0 Å². The van der Waals surface area contributed by atoms with Crippen molar-refractivity contribution in [1.29, 1.82) is 0 Å². The van der Waals surface area contributed by atoms with E-state index in [2.05, 4.69) is 5.32 Å². The number of carbonyl (C=O) groups is 2. The van der Waals surface area contributed by atoms with E-state index in [1.807, 2.05) is 30.3 Å². The Kier molecular flexibility index (Phi) is 6.18. The highest BCUT2D eigenvalue weighted by atomic mass is 35.5. The van der Waals surface area contributed by atoms with E-state index in [1.165, 1.54) is 0 Å². The van der Waals surface area contributed by atoms with Crippen LogP contribution < -0.4 is 10.4 Å². The predicted molar refractivity (Wildman–Crippen MR) is 86.7 cm³/mol. The van der Waals surface area contributed by atoms with Gasteiger partial charge in [0.05, 0.1) is 6.04 Å². The van der Waals surface area contributed by atoms with Gasteiger partial charge in [0.1, 0.15) is 0 Å². The van der Waals surface area contributed by atoms with E-state index in [1.54, 1.807) is 24.3 Å². The van der Waals surface area contributed by atoms with Crippen LogP contribution in [0.25, 0.3) is 0 Å². The lowest BCUT2D eigenvalue weighted by Crippen LogP contribution is -2.34. The second-order valence-corrected chi connectivity index (χ2v) is 5.67. The number of aryl methyl sites for hydroxylation is 1. The Morgan fingerprint density at radius 1 is 1.04 bits per heavy atom. The molecule has 0 saturated heterocycles. The second kappa shape index (κ2) is 8.34. The molecular weight excluding hydrogens is 314 g/mol. The van der Waals surface area contributed by atoms with E-state index >= 15 is 0 Å². The number of halogens is 1. The van der Waals surface area contributed by atoms with Crippen LogP contribution in [0.15, 0.2) is 54.6 Å². The van der Waals surface area contributed by atoms with Crippen molar-refractivity contribution in [1.82, 2.24) is 5.32 Å². The van der Waals surface area contributed by atoms with Crippen LogP contribution in [0.5, 0.6) is 0 Å². The first-order valence-corrected chi connectivity index (χ1v) is 7.71. The minimum Gasteiger partial charge on any atom is -0.550 e. The standard InChI is InChI=1S/C18H18ClNO3/c19-15-9-7-14(8-10-15)16(12-18(22)23)20-17(21)11-6-13-4-2-1-3-5-13/h1-5,7-10,16H,6,11-12H2,(H,20,21)(H,22,23)/p-1/t16-/m1/s1. The molecule has 0 bridgehead atoms. The number of hydrogen-bond donors (Lipinski definition) is 1. The molecule has 0 radical (unpaired) electrons. The predicted octanol–water partition coefficient (Wildman–Crippen LogP) is 2.27. The Morgan fingerprint density at radius 3 is 2.30 bits per heavy atom. The highest BCUT2D eigenvalue weighted by Gasteiger charge is 2.15. The Hall–Kier alpha value is -2.33. The lowest BCUT2D eigenvalue weighted by molar-refractivity contribution is -0.306. The van der Waals surface area contributed by atoms with Gasteiger partial charge in [0, 0.05) is 23.8 Å². The van der Waals surface area contributed by atoms with Crippen LogP contribution in [0.2, 0.25) is 5.02 Å². The molecule has 1 atom stereocenters. The third-order valence-corrected chi connectivity index (χ3v) is 3.71. The number of carboxylic acid groups (broad SMARTS) is 1. The number of carbonyl (C=O) groups excluding carboxylic acids is 2. The average molecular weight is 331 g/mol. The van der Waals surface area contributed by atoms with Gasteiger partial charge >= 0.3 is 0 Å². The van der Waals surface area contributed by atoms with Gasteiger partial charge in [-0.15, -0.1) is 0 Å². The number of benzene rings is 2. The summed E-state index contributed by atoms with van der Waals surface area (Å²) in [6.45, 7) is 0. The van der Waals surface area contributed by atoms with Crippen LogP contribution in [-0.4, -0.2) is 11.9 Å². The first-order chi connectivity index (χ1) is 11.0. The van der Waals surface area contributed by atoms with Gasteiger partial charge in [-0.3, -0.25) is 4.79 Å². The molecule has 0 fully saturated rings. The number of carboxylic acids is 1. The van der Waals surface area contributed by atoms with Crippen molar-refractivity contribution in [3.63, 3.8) is 0 Å². The quantitative estimate of drug-likeness (QED) is 0.846. The van der Waals surface area contributed by atoms with E-state index in [4.69, 9.17) is 11.6 Å². The largest absolute Gasteiger partial charge is 0.550 e. The molecule has 120 valence electrons. The van der Waals surface area contributed by atoms with E-state index in [0.717, 1.165) is 5.56 Å². The zero-order chi connectivity index (χ0) is 16.7. The molecule has 2 aromatic rings. The molecule has 5 heteroatoms. The van der Waals surface area contributed by atoms with Crippen LogP contribution >= 0.6 is 11.6 Å². The zero-order valence-electron chi connectivity index (χ0n) is 12.5. The summed E-state index contributed by atoms with van der Waals surface area (Å²) in [6.07, 6.45) is 0.616. The molecule has 4 nitrogen and oxygen atoms in total. The third-order valence-electron chi connectivity index (χ3n) is 3.46. The van der Waals surface area contributed by atoms with E-state index < -0.39 is 12.0 Å². The summed E-state index contributed by atoms with van der Waals surface area (Å²) in [5.41, 5.74) is 1.75. The van der Waals surface area contributed by atoms with Crippen molar-refractivity contribution in [3.8, 4) is 0 Å². The van der Waals surface area contributed by atoms with Gasteiger partial charge in [-0.05, 0) is 29.7 Å². The van der Waals surface area contributed by atoms with Crippen LogP contribution in [0.3, 0.4) is 0 Å². The van der Waals surface area contributed by atoms with Crippen LogP contribution in [0.1, 0.15) is 30.0 Å². The number of hydrogen-bond acceptors (Lipinski definition) is 3. The van der Waals surface area contributed by atoms with Crippen LogP contribution in [0.4, 0.5) is 0 Å². The molecule has 2 rings (SSSR count). The van der Waals surface area contributed by atoms with Crippen molar-refractivity contribution in [3.05, 3.63) is 70.7 Å². The molecule has 0 aliphatic heterocycles. The van der Waals surface area contributed by atoms with Gasteiger partial charge in [-0.25, -0.2) is 0 Å².